The number of aromatic nitrogens is 2. The monoisotopic (exact) mass is 317 g/mol. The second-order valence-electron chi connectivity index (χ2n) is 5.46. The number of thiazole rings is 1. The number of aryl methyl sites for hydroxylation is 2. The van der Waals surface area contributed by atoms with Crippen molar-refractivity contribution in [3.05, 3.63) is 45.7 Å². The van der Waals surface area contributed by atoms with Crippen molar-refractivity contribution < 1.29 is 9.53 Å². The molecule has 0 N–H and O–H groups in total. The fourth-order valence-corrected chi connectivity index (χ4v) is 3.21. The Hall–Kier alpha value is -1.79. The van der Waals surface area contributed by atoms with Crippen LogP contribution in [0.5, 0.6) is 0 Å². The predicted molar refractivity (Wildman–Crippen MR) is 84.8 cm³/mol. The van der Waals surface area contributed by atoms with Gasteiger partial charge in [0.1, 0.15) is 6.10 Å². The Balaban J connectivity index is 1.66. The molecule has 0 bridgehead atoms. The molecule has 2 aromatic heterocycles. The molecule has 22 heavy (non-hydrogen) atoms. The van der Waals surface area contributed by atoms with Crippen molar-refractivity contribution in [3.63, 3.8) is 0 Å². The minimum absolute atomic E-state index is 0.0726. The second kappa shape index (κ2) is 6.54. The van der Waals surface area contributed by atoms with Crippen LogP contribution in [0.1, 0.15) is 28.1 Å². The number of ether oxygens (including phenoxy) is 1. The Labute approximate surface area is 134 Å². The molecule has 5 nitrogen and oxygen atoms in total. The summed E-state index contributed by atoms with van der Waals surface area (Å²) in [7, 11) is 0. The molecule has 0 spiro atoms. The van der Waals surface area contributed by atoms with Crippen LogP contribution in [-0.2, 0) is 16.0 Å². The summed E-state index contributed by atoms with van der Waals surface area (Å²) in [6.07, 6.45) is 2.08. The van der Waals surface area contributed by atoms with Gasteiger partial charge in [-0.25, -0.2) is 4.98 Å². The van der Waals surface area contributed by atoms with Gasteiger partial charge in [0.25, 0.3) is 0 Å². The normalized spacial score (nSPS) is 18.5. The Morgan fingerprint density at radius 1 is 1.50 bits per heavy atom. The van der Waals surface area contributed by atoms with Gasteiger partial charge in [-0.2, -0.15) is 0 Å². The molecule has 1 aliphatic heterocycles. The van der Waals surface area contributed by atoms with E-state index in [4.69, 9.17) is 4.74 Å². The van der Waals surface area contributed by atoms with Gasteiger partial charge in [-0.1, -0.05) is 0 Å². The van der Waals surface area contributed by atoms with Crippen molar-refractivity contribution in [2.24, 2.45) is 0 Å². The van der Waals surface area contributed by atoms with Crippen LogP contribution in [0.2, 0.25) is 0 Å². The van der Waals surface area contributed by atoms with Gasteiger partial charge in [-0.3, -0.25) is 9.78 Å². The summed E-state index contributed by atoms with van der Waals surface area (Å²) in [5.74, 6) is 0.115. The first kappa shape index (κ1) is 15.1. The highest BCUT2D eigenvalue weighted by molar-refractivity contribution is 7.09. The molecule has 6 heteroatoms. The molecule has 116 valence electrons. The first-order valence-electron chi connectivity index (χ1n) is 7.35. The number of hydrogen-bond acceptors (Lipinski definition) is 5. The zero-order chi connectivity index (χ0) is 15.5. The van der Waals surface area contributed by atoms with Gasteiger partial charge in [0.15, 0.2) is 0 Å². The van der Waals surface area contributed by atoms with Crippen LogP contribution in [0.25, 0.3) is 0 Å². The third-order valence-corrected chi connectivity index (χ3v) is 4.53. The van der Waals surface area contributed by atoms with Crippen LogP contribution < -0.4 is 0 Å². The zero-order valence-corrected chi connectivity index (χ0v) is 13.6. The van der Waals surface area contributed by atoms with E-state index in [0.717, 1.165) is 22.0 Å². The van der Waals surface area contributed by atoms with Gasteiger partial charge in [-0.05, 0) is 31.5 Å². The summed E-state index contributed by atoms with van der Waals surface area (Å²) in [5.41, 5.74) is 2.90. The van der Waals surface area contributed by atoms with E-state index >= 15 is 0 Å². The molecule has 1 amide bonds. The minimum atomic E-state index is -0.0726. The lowest BCUT2D eigenvalue weighted by Gasteiger charge is -2.33. The van der Waals surface area contributed by atoms with E-state index in [0.29, 0.717) is 26.1 Å². The molecule has 1 fully saturated rings. The Morgan fingerprint density at radius 3 is 3.09 bits per heavy atom. The highest BCUT2D eigenvalue weighted by Crippen LogP contribution is 2.23. The summed E-state index contributed by atoms with van der Waals surface area (Å²) in [5, 5.41) is 2.95. The summed E-state index contributed by atoms with van der Waals surface area (Å²) >= 11 is 1.58. The van der Waals surface area contributed by atoms with Crippen LogP contribution >= 0.6 is 11.3 Å². The van der Waals surface area contributed by atoms with Crippen molar-refractivity contribution >= 4 is 17.2 Å². The van der Waals surface area contributed by atoms with Crippen molar-refractivity contribution in [1.29, 1.82) is 0 Å². The van der Waals surface area contributed by atoms with E-state index in [2.05, 4.69) is 9.97 Å². The topological polar surface area (TPSA) is 55.3 Å². The quantitative estimate of drug-likeness (QED) is 0.871. The fourth-order valence-electron chi connectivity index (χ4n) is 2.60. The van der Waals surface area contributed by atoms with Gasteiger partial charge >= 0.3 is 0 Å². The maximum absolute atomic E-state index is 12.4. The lowest BCUT2D eigenvalue weighted by atomic mass is 10.1. The summed E-state index contributed by atoms with van der Waals surface area (Å²) < 4.78 is 5.82. The number of carbonyl (C=O) groups is 1. The molecule has 1 aliphatic rings. The summed E-state index contributed by atoms with van der Waals surface area (Å²) in [4.78, 5) is 22.9. The molecule has 0 aromatic carbocycles. The molecule has 0 saturated carbocycles. The number of amides is 1. The number of hydrogen-bond donors (Lipinski definition) is 0. The van der Waals surface area contributed by atoms with Gasteiger partial charge in [-0.15, -0.1) is 11.3 Å². The van der Waals surface area contributed by atoms with Crippen LogP contribution in [0.15, 0.2) is 23.7 Å². The van der Waals surface area contributed by atoms with Crippen LogP contribution in [0.4, 0.5) is 0 Å². The molecular weight excluding hydrogens is 298 g/mol. The van der Waals surface area contributed by atoms with E-state index in [-0.39, 0.29) is 12.0 Å². The van der Waals surface area contributed by atoms with Crippen molar-refractivity contribution in [1.82, 2.24) is 14.9 Å². The van der Waals surface area contributed by atoms with E-state index in [1.165, 1.54) is 0 Å². The molecule has 3 rings (SSSR count). The molecule has 0 aliphatic carbocycles. The number of rotatable bonds is 3. The van der Waals surface area contributed by atoms with Crippen molar-refractivity contribution in [2.75, 3.05) is 19.7 Å². The fraction of sp³-hybridized carbons (Fsp3) is 0.438. The van der Waals surface area contributed by atoms with Crippen LogP contribution in [-0.4, -0.2) is 40.5 Å². The third kappa shape index (κ3) is 3.51. The number of nitrogens with zero attached hydrogens (tertiary/aromatic N) is 3. The largest absolute Gasteiger partial charge is 0.370 e. The van der Waals surface area contributed by atoms with E-state index in [9.17, 15) is 4.79 Å². The Kier molecular flexibility index (Phi) is 4.49. The van der Waals surface area contributed by atoms with Crippen molar-refractivity contribution in [3.8, 4) is 0 Å². The average molecular weight is 317 g/mol. The van der Waals surface area contributed by atoms with Gasteiger partial charge in [0.2, 0.25) is 5.91 Å². The Morgan fingerprint density at radius 2 is 2.36 bits per heavy atom. The maximum Gasteiger partial charge on any atom is 0.228 e. The molecule has 3 heterocycles. The van der Waals surface area contributed by atoms with E-state index in [1.807, 2.05) is 36.3 Å². The zero-order valence-electron chi connectivity index (χ0n) is 12.8. The average Bonchev–Trinajstić information content (AvgIpc) is 2.92. The Bertz CT molecular complexity index is 671. The van der Waals surface area contributed by atoms with Crippen LogP contribution in [0.3, 0.4) is 0 Å². The molecule has 2 aromatic rings. The molecule has 0 radical (unpaired) electrons. The van der Waals surface area contributed by atoms with E-state index < -0.39 is 0 Å². The molecule has 1 atom stereocenters. The van der Waals surface area contributed by atoms with E-state index in [1.54, 1.807) is 17.5 Å². The van der Waals surface area contributed by atoms with Gasteiger partial charge in [0.05, 0.1) is 30.3 Å². The first-order valence-corrected chi connectivity index (χ1v) is 8.23. The van der Waals surface area contributed by atoms with Crippen LogP contribution in [0, 0.1) is 13.8 Å². The lowest BCUT2D eigenvalue weighted by molar-refractivity contribution is -0.138. The van der Waals surface area contributed by atoms with Gasteiger partial charge < -0.3 is 9.64 Å². The third-order valence-electron chi connectivity index (χ3n) is 3.71. The van der Waals surface area contributed by atoms with Gasteiger partial charge in [0, 0.05) is 23.8 Å². The summed E-state index contributed by atoms with van der Waals surface area (Å²) in [6, 6.07) is 3.97. The lowest BCUT2D eigenvalue weighted by Crippen LogP contribution is -2.43. The number of carbonyl (C=O) groups excluding carboxylic acids is 1. The molecule has 1 saturated heterocycles. The SMILES string of the molecule is Cc1cc([C@@H]2CN(C(=O)Cc3csc(C)n3)CCO2)ccn1. The standard InChI is InChI=1S/C16H19N3O2S/c1-11-7-13(3-4-17-11)15-9-19(5-6-21-15)16(20)8-14-10-22-12(2)18-14/h3-4,7,10,15H,5-6,8-9H2,1-2H3/t15-/m0/s1. The number of pyridine rings is 1. The first-order chi connectivity index (χ1) is 10.6. The second-order valence-corrected chi connectivity index (χ2v) is 6.53. The molecular formula is C16H19N3O2S. The maximum atomic E-state index is 12.4. The predicted octanol–water partition coefficient (Wildman–Crippen LogP) is 2.30. The molecule has 0 unspecified atom stereocenters. The number of morpholine rings is 1. The van der Waals surface area contributed by atoms with Crippen molar-refractivity contribution in [2.45, 2.75) is 26.4 Å². The highest BCUT2D eigenvalue weighted by Gasteiger charge is 2.25. The minimum Gasteiger partial charge on any atom is -0.370 e. The smallest absolute Gasteiger partial charge is 0.228 e. The summed E-state index contributed by atoms with van der Waals surface area (Å²) in [6.45, 7) is 5.71. The highest BCUT2D eigenvalue weighted by atomic mass is 32.1.